The van der Waals surface area contributed by atoms with Crippen molar-refractivity contribution in [1.29, 1.82) is 0 Å². The summed E-state index contributed by atoms with van der Waals surface area (Å²) in [5, 5.41) is 2.59. The van der Waals surface area contributed by atoms with E-state index < -0.39 is 0 Å². The zero-order chi connectivity index (χ0) is 18.5. The molecule has 4 nitrogen and oxygen atoms in total. The first-order valence-electron chi connectivity index (χ1n) is 7.94. The molecule has 0 atom stereocenters. The van der Waals surface area contributed by atoms with Gasteiger partial charge in [0.25, 0.3) is 5.91 Å². The standard InChI is InChI=1S/C19H16FNO3S2/c1-2-23-16-9-13(10-17-18(22)21-19(25)26-17)5-8-15(16)24-11-12-3-6-14(20)7-4-12/h3-10H,2,11H2,1H3,(H,21,22,25)/b17-10+. The van der Waals surface area contributed by atoms with Gasteiger partial charge in [0.1, 0.15) is 16.7 Å². The van der Waals surface area contributed by atoms with Crippen LogP contribution in [0.15, 0.2) is 47.4 Å². The third-order valence-corrected chi connectivity index (χ3v) is 4.68. The minimum Gasteiger partial charge on any atom is -0.490 e. The molecule has 7 heteroatoms. The van der Waals surface area contributed by atoms with Gasteiger partial charge in [-0.3, -0.25) is 4.79 Å². The van der Waals surface area contributed by atoms with Crippen LogP contribution in [0.1, 0.15) is 18.1 Å². The van der Waals surface area contributed by atoms with Crippen LogP contribution >= 0.6 is 24.0 Å². The first-order chi connectivity index (χ1) is 12.5. The normalized spacial score (nSPS) is 15.2. The predicted molar refractivity (Wildman–Crippen MR) is 105 cm³/mol. The first-order valence-corrected chi connectivity index (χ1v) is 9.16. The summed E-state index contributed by atoms with van der Waals surface area (Å²) >= 11 is 6.22. The third kappa shape index (κ3) is 4.62. The molecular formula is C19H16FNO3S2. The lowest BCUT2D eigenvalue weighted by atomic mass is 10.2. The molecule has 1 heterocycles. The molecule has 0 radical (unpaired) electrons. The van der Waals surface area contributed by atoms with Gasteiger partial charge in [0, 0.05) is 0 Å². The molecule has 2 aromatic rings. The summed E-state index contributed by atoms with van der Waals surface area (Å²) in [6, 6.07) is 11.6. The van der Waals surface area contributed by atoms with Crippen LogP contribution in [0.4, 0.5) is 4.39 Å². The summed E-state index contributed by atoms with van der Waals surface area (Å²) in [4.78, 5) is 12.3. The quantitative estimate of drug-likeness (QED) is 0.590. The Kier molecular flexibility index (Phi) is 5.90. The second kappa shape index (κ2) is 8.33. The fourth-order valence-corrected chi connectivity index (χ4v) is 3.36. The second-order valence-electron chi connectivity index (χ2n) is 5.41. The summed E-state index contributed by atoms with van der Waals surface area (Å²) in [5.74, 6) is 0.677. The van der Waals surface area contributed by atoms with Crippen molar-refractivity contribution < 1.29 is 18.7 Å². The number of rotatable bonds is 6. The molecule has 2 aromatic carbocycles. The van der Waals surface area contributed by atoms with E-state index in [4.69, 9.17) is 21.7 Å². The molecule has 26 heavy (non-hydrogen) atoms. The number of ether oxygens (including phenoxy) is 2. The van der Waals surface area contributed by atoms with E-state index in [0.29, 0.717) is 33.9 Å². The van der Waals surface area contributed by atoms with Crippen LogP contribution < -0.4 is 14.8 Å². The van der Waals surface area contributed by atoms with Gasteiger partial charge in [0.15, 0.2) is 11.5 Å². The largest absolute Gasteiger partial charge is 0.490 e. The molecule has 3 rings (SSSR count). The van der Waals surface area contributed by atoms with Crippen LogP contribution in [-0.4, -0.2) is 16.8 Å². The molecule has 0 saturated carbocycles. The van der Waals surface area contributed by atoms with Crippen LogP contribution in [0, 0.1) is 5.82 Å². The van der Waals surface area contributed by atoms with Gasteiger partial charge in [-0.05, 0) is 48.4 Å². The number of thiocarbonyl (C=S) groups is 1. The summed E-state index contributed by atoms with van der Waals surface area (Å²) < 4.78 is 24.9. The van der Waals surface area contributed by atoms with Gasteiger partial charge in [-0.2, -0.15) is 0 Å². The van der Waals surface area contributed by atoms with Crippen LogP contribution in [0.2, 0.25) is 0 Å². The van der Waals surface area contributed by atoms with Gasteiger partial charge in [0.2, 0.25) is 0 Å². The highest BCUT2D eigenvalue weighted by molar-refractivity contribution is 8.26. The molecule has 1 amide bonds. The number of carbonyl (C=O) groups is 1. The summed E-state index contributed by atoms with van der Waals surface area (Å²) in [5.41, 5.74) is 1.66. The summed E-state index contributed by atoms with van der Waals surface area (Å²) in [6.07, 6.45) is 1.76. The van der Waals surface area contributed by atoms with E-state index >= 15 is 0 Å². The Labute approximate surface area is 160 Å². The topological polar surface area (TPSA) is 47.6 Å². The van der Waals surface area contributed by atoms with Crippen LogP contribution in [0.25, 0.3) is 6.08 Å². The van der Waals surface area contributed by atoms with Gasteiger partial charge >= 0.3 is 0 Å². The Bertz CT molecular complexity index is 866. The number of amides is 1. The Morgan fingerprint density at radius 1 is 1.15 bits per heavy atom. The first kappa shape index (κ1) is 18.4. The Balaban J connectivity index is 1.78. The molecule has 0 bridgehead atoms. The van der Waals surface area contributed by atoms with Crippen molar-refractivity contribution in [2.45, 2.75) is 13.5 Å². The zero-order valence-corrected chi connectivity index (χ0v) is 15.6. The number of carbonyl (C=O) groups excluding carboxylic acids is 1. The maximum absolute atomic E-state index is 13.0. The van der Waals surface area contributed by atoms with E-state index in [-0.39, 0.29) is 11.7 Å². The fraction of sp³-hybridized carbons (Fsp3) is 0.158. The van der Waals surface area contributed by atoms with Crippen molar-refractivity contribution in [3.8, 4) is 11.5 Å². The number of nitrogens with one attached hydrogen (secondary N) is 1. The fourth-order valence-electron chi connectivity index (χ4n) is 2.32. The Morgan fingerprint density at radius 2 is 1.92 bits per heavy atom. The third-order valence-electron chi connectivity index (χ3n) is 3.52. The van der Waals surface area contributed by atoms with Gasteiger partial charge in [-0.1, -0.05) is 42.2 Å². The minimum absolute atomic E-state index is 0.199. The molecule has 0 aromatic heterocycles. The highest BCUT2D eigenvalue weighted by Crippen LogP contribution is 2.32. The molecule has 0 aliphatic carbocycles. The Morgan fingerprint density at radius 3 is 2.58 bits per heavy atom. The highest BCUT2D eigenvalue weighted by atomic mass is 32.2. The van der Waals surface area contributed by atoms with Crippen molar-refractivity contribution >= 4 is 40.3 Å². The maximum Gasteiger partial charge on any atom is 0.263 e. The number of hydrogen-bond acceptors (Lipinski definition) is 5. The van der Waals surface area contributed by atoms with E-state index in [1.807, 2.05) is 19.1 Å². The molecule has 1 saturated heterocycles. The molecule has 1 fully saturated rings. The number of thioether (sulfide) groups is 1. The van der Waals surface area contributed by atoms with Crippen molar-refractivity contribution in [3.05, 3.63) is 64.3 Å². The van der Waals surface area contributed by atoms with Crippen molar-refractivity contribution in [2.24, 2.45) is 0 Å². The van der Waals surface area contributed by atoms with Gasteiger partial charge in [0.05, 0.1) is 11.5 Å². The highest BCUT2D eigenvalue weighted by Gasteiger charge is 2.22. The van der Waals surface area contributed by atoms with E-state index in [1.54, 1.807) is 24.3 Å². The lowest BCUT2D eigenvalue weighted by Gasteiger charge is -2.13. The van der Waals surface area contributed by atoms with E-state index in [1.165, 1.54) is 23.9 Å². The number of benzene rings is 2. The van der Waals surface area contributed by atoms with Crippen molar-refractivity contribution in [3.63, 3.8) is 0 Å². The lowest BCUT2D eigenvalue weighted by molar-refractivity contribution is -0.115. The van der Waals surface area contributed by atoms with Gasteiger partial charge in [-0.15, -0.1) is 0 Å². The minimum atomic E-state index is -0.283. The summed E-state index contributed by atoms with van der Waals surface area (Å²) in [6.45, 7) is 2.66. The lowest BCUT2D eigenvalue weighted by Crippen LogP contribution is -2.17. The molecular weight excluding hydrogens is 373 g/mol. The summed E-state index contributed by atoms with van der Waals surface area (Å²) in [7, 11) is 0. The maximum atomic E-state index is 13.0. The van der Waals surface area contributed by atoms with Crippen molar-refractivity contribution in [1.82, 2.24) is 5.32 Å². The smallest absolute Gasteiger partial charge is 0.263 e. The van der Waals surface area contributed by atoms with Crippen molar-refractivity contribution in [2.75, 3.05) is 6.61 Å². The second-order valence-corrected chi connectivity index (χ2v) is 7.13. The number of halogens is 1. The molecule has 0 unspecified atom stereocenters. The van der Waals surface area contributed by atoms with Crippen LogP contribution in [0.5, 0.6) is 11.5 Å². The molecule has 1 aliphatic rings. The Hall–Kier alpha value is -2.38. The average molecular weight is 389 g/mol. The zero-order valence-electron chi connectivity index (χ0n) is 14.0. The molecule has 0 spiro atoms. The van der Waals surface area contributed by atoms with Gasteiger partial charge < -0.3 is 14.8 Å². The van der Waals surface area contributed by atoms with E-state index in [0.717, 1.165) is 11.1 Å². The number of hydrogen-bond donors (Lipinski definition) is 1. The van der Waals surface area contributed by atoms with Gasteiger partial charge in [-0.25, -0.2) is 4.39 Å². The van der Waals surface area contributed by atoms with E-state index in [2.05, 4.69) is 5.32 Å². The molecule has 134 valence electrons. The average Bonchev–Trinajstić information content (AvgIpc) is 2.93. The van der Waals surface area contributed by atoms with Crippen LogP contribution in [0.3, 0.4) is 0 Å². The molecule has 1 aliphatic heterocycles. The van der Waals surface area contributed by atoms with Crippen LogP contribution in [-0.2, 0) is 11.4 Å². The molecule has 1 N–H and O–H groups in total. The van der Waals surface area contributed by atoms with E-state index in [9.17, 15) is 9.18 Å². The predicted octanol–water partition coefficient (Wildman–Crippen LogP) is 4.29. The SMILES string of the molecule is CCOc1cc(/C=C2/SC(=S)NC2=O)ccc1OCc1ccc(F)cc1. The monoisotopic (exact) mass is 389 g/mol.